The molecular weight excluding hydrogens is 280 g/mol. The van der Waals surface area contributed by atoms with Gasteiger partial charge in [-0.05, 0) is 46.6 Å². The maximum Gasteiger partial charge on any atom is 0.119 e. The summed E-state index contributed by atoms with van der Waals surface area (Å²) in [5.74, 6) is 2.55. The topological polar surface area (TPSA) is 9.23 Å². The molecule has 0 saturated heterocycles. The van der Waals surface area contributed by atoms with Gasteiger partial charge in [0, 0.05) is 0 Å². The molecule has 23 heavy (non-hydrogen) atoms. The molecule has 0 spiro atoms. The van der Waals surface area contributed by atoms with Gasteiger partial charge in [-0.25, -0.2) is 0 Å². The second-order valence-electron chi connectivity index (χ2n) is 6.18. The summed E-state index contributed by atoms with van der Waals surface area (Å²) in [6.45, 7) is 0. The molecule has 1 nitrogen and oxygen atoms in total. The number of hydrogen-bond donors (Lipinski definition) is 0. The fraction of sp³-hybridized carbons (Fsp3) is 0.182. The molecule has 0 aromatic heterocycles. The summed E-state index contributed by atoms with van der Waals surface area (Å²) < 4.78 is 5.41. The highest BCUT2D eigenvalue weighted by Gasteiger charge is 2.52. The lowest BCUT2D eigenvalue weighted by atomic mass is 10.0. The predicted octanol–water partition coefficient (Wildman–Crippen LogP) is 5.36. The van der Waals surface area contributed by atoms with E-state index in [1.807, 2.05) is 6.07 Å². The third kappa shape index (κ3) is 2.63. The van der Waals surface area contributed by atoms with Crippen LogP contribution in [0.25, 0.3) is 0 Å². The van der Waals surface area contributed by atoms with E-state index in [0.29, 0.717) is 17.8 Å². The molecule has 114 valence electrons. The Bertz CT molecular complexity index is 734. The third-order valence-corrected chi connectivity index (χ3v) is 4.87. The predicted molar refractivity (Wildman–Crippen MR) is 94.1 cm³/mol. The summed E-state index contributed by atoms with van der Waals surface area (Å²) in [5, 5.41) is 0. The zero-order valence-corrected chi connectivity index (χ0v) is 13.2. The van der Waals surface area contributed by atoms with Gasteiger partial charge in [-0.15, -0.1) is 0 Å². The van der Waals surface area contributed by atoms with E-state index >= 15 is 0 Å². The number of methoxy groups -OCH3 is 1. The van der Waals surface area contributed by atoms with Crippen molar-refractivity contribution in [2.45, 2.75) is 17.8 Å². The first kappa shape index (κ1) is 14.1. The van der Waals surface area contributed by atoms with Gasteiger partial charge >= 0.3 is 0 Å². The molecule has 0 amide bonds. The first-order valence-corrected chi connectivity index (χ1v) is 8.12. The van der Waals surface area contributed by atoms with E-state index in [0.717, 1.165) is 5.75 Å². The van der Waals surface area contributed by atoms with Crippen LogP contribution in [0.5, 0.6) is 5.75 Å². The van der Waals surface area contributed by atoms with Gasteiger partial charge in [0.05, 0.1) is 7.11 Å². The van der Waals surface area contributed by atoms with E-state index in [1.165, 1.54) is 16.7 Å². The van der Waals surface area contributed by atoms with Gasteiger partial charge in [0.2, 0.25) is 0 Å². The van der Waals surface area contributed by atoms with Crippen molar-refractivity contribution in [1.29, 1.82) is 0 Å². The molecule has 0 N–H and O–H groups in total. The molecular formula is C22H20O. The van der Waals surface area contributed by atoms with E-state index in [-0.39, 0.29) is 0 Å². The van der Waals surface area contributed by atoms with E-state index < -0.39 is 0 Å². The van der Waals surface area contributed by atoms with Gasteiger partial charge in [0.25, 0.3) is 0 Å². The molecule has 1 aliphatic rings. The second-order valence-corrected chi connectivity index (χ2v) is 6.18. The van der Waals surface area contributed by atoms with Crippen LogP contribution in [0.3, 0.4) is 0 Å². The third-order valence-electron chi connectivity index (χ3n) is 4.87. The number of benzene rings is 3. The van der Waals surface area contributed by atoms with Crippen LogP contribution in [0.1, 0.15) is 34.4 Å². The van der Waals surface area contributed by atoms with Crippen LogP contribution in [0.4, 0.5) is 0 Å². The van der Waals surface area contributed by atoms with E-state index in [1.54, 1.807) is 7.11 Å². The Morgan fingerprint density at radius 1 is 0.565 bits per heavy atom. The molecule has 0 aliphatic heterocycles. The fourth-order valence-electron chi connectivity index (χ4n) is 3.75. The Morgan fingerprint density at radius 3 is 1.57 bits per heavy atom. The van der Waals surface area contributed by atoms with Crippen LogP contribution >= 0.6 is 0 Å². The lowest BCUT2D eigenvalue weighted by molar-refractivity contribution is 0.414. The van der Waals surface area contributed by atoms with Crippen molar-refractivity contribution in [2.24, 2.45) is 0 Å². The molecule has 3 aromatic rings. The minimum Gasteiger partial charge on any atom is -0.497 e. The molecule has 1 aliphatic carbocycles. The van der Waals surface area contributed by atoms with Gasteiger partial charge in [0.1, 0.15) is 5.75 Å². The highest BCUT2D eigenvalue weighted by atomic mass is 16.5. The van der Waals surface area contributed by atoms with Crippen LogP contribution in [-0.4, -0.2) is 7.11 Å². The maximum atomic E-state index is 5.41. The Balaban J connectivity index is 1.73. The minimum atomic E-state index is 0.523. The van der Waals surface area contributed by atoms with Crippen molar-refractivity contribution in [2.75, 3.05) is 7.11 Å². The molecule has 4 rings (SSSR count). The average Bonchev–Trinajstić information content (AvgIpc) is 3.39. The molecule has 2 atom stereocenters. The number of rotatable bonds is 4. The van der Waals surface area contributed by atoms with Crippen molar-refractivity contribution in [3.8, 4) is 5.75 Å². The van der Waals surface area contributed by atoms with Crippen molar-refractivity contribution in [1.82, 2.24) is 0 Å². The van der Waals surface area contributed by atoms with Gasteiger partial charge in [-0.2, -0.15) is 0 Å². The van der Waals surface area contributed by atoms with Crippen molar-refractivity contribution in [3.63, 3.8) is 0 Å². The Kier molecular flexibility index (Phi) is 3.63. The van der Waals surface area contributed by atoms with Crippen LogP contribution in [-0.2, 0) is 0 Å². The smallest absolute Gasteiger partial charge is 0.119 e. The van der Waals surface area contributed by atoms with Gasteiger partial charge in [-0.1, -0.05) is 72.8 Å². The second kappa shape index (κ2) is 5.92. The lowest BCUT2D eigenvalue weighted by Gasteiger charge is -2.04. The summed E-state index contributed by atoms with van der Waals surface area (Å²) in [4.78, 5) is 0. The molecule has 0 bridgehead atoms. The first-order chi connectivity index (χ1) is 11.4. The van der Waals surface area contributed by atoms with Crippen molar-refractivity contribution in [3.05, 3.63) is 102 Å². The van der Waals surface area contributed by atoms with E-state index in [2.05, 4.69) is 78.9 Å². The van der Waals surface area contributed by atoms with Crippen LogP contribution in [0, 0.1) is 0 Å². The SMILES string of the molecule is COc1cccc(C2[C@@H](c3ccccc3)[C@@H]2c2ccccc2)c1. The van der Waals surface area contributed by atoms with Crippen LogP contribution < -0.4 is 4.74 Å². The normalized spacial score (nSPS) is 22.6. The number of ether oxygens (including phenoxy) is 1. The zero-order chi connectivity index (χ0) is 15.6. The summed E-state index contributed by atoms with van der Waals surface area (Å²) in [7, 11) is 1.73. The Hall–Kier alpha value is -2.54. The van der Waals surface area contributed by atoms with Crippen LogP contribution in [0.15, 0.2) is 84.9 Å². The fourth-order valence-corrected chi connectivity index (χ4v) is 3.75. The number of hydrogen-bond acceptors (Lipinski definition) is 1. The molecule has 0 heterocycles. The maximum absolute atomic E-state index is 5.41. The zero-order valence-electron chi connectivity index (χ0n) is 13.2. The van der Waals surface area contributed by atoms with E-state index in [9.17, 15) is 0 Å². The van der Waals surface area contributed by atoms with Crippen LogP contribution in [0.2, 0.25) is 0 Å². The van der Waals surface area contributed by atoms with Crippen molar-refractivity contribution < 1.29 is 4.74 Å². The summed E-state index contributed by atoms with van der Waals surface area (Å²) in [5.41, 5.74) is 4.22. The summed E-state index contributed by atoms with van der Waals surface area (Å²) >= 11 is 0. The Labute approximate surface area is 137 Å². The summed E-state index contributed by atoms with van der Waals surface area (Å²) in [6, 6.07) is 30.2. The lowest BCUT2D eigenvalue weighted by Crippen LogP contribution is -1.87. The monoisotopic (exact) mass is 300 g/mol. The van der Waals surface area contributed by atoms with E-state index in [4.69, 9.17) is 4.74 Å². The average molecular weight is 300 g/mol. The molecule has 0 radical (unpaired) electrons. The minimum absolute atomic E-state index is 0.523. The molecule has 3 aromatic carbocycles. The highest BCUT2D eigenvalue weighted by Crippen LogP contribution is 2.66. The molecule has 1 fully saturated rings. The highest BCUT2D eigenvalue weighted by molar-refractivity contribution is 5.48. The van der Waals surface area contributed by atoms with Gasteiger partial charge in [0.15, 0.2) is 0 Å². The van der Waals surface area contributed by atoms with Gasteiger partial charge < -0.3 is 4.74 Å². The molecule has 1 saturated carbocycles. The largest absolute Gasteiger partial charge is 0.497 e. The van der Waals surface area contributed by atoms with Crippen molar-refractivity contribution >= 4 is 0 Å². The Morgan fingerprint density at radius 2 is 1.04 bits per heavy atom. The molecule has 1 heteroatoms. The summed E-state index contributed by atoms with van der Waals surface area (Å²) in [6.07, 6.45) is 0. The standard InChI is InChI=1S/C22H20O/c1-23-19-14-8-13-18(15-19)22-20(16-9-4-2-5-10-16)21(22)17-11-6-3-7-12-17/h2-15,20-22H,1H3/t20-,21-/m0/s1. The quantitative estimate of drug-likeness (QED) is 0.630. The molecule has 0 unspecified atom stereocenters. The first-order valence-electron chi connectivity index (χ1n) is 8.12. The van der Waals surface area contributed by atoms with Gasteiger partial charge in [-0.3, -0.25) is 0 Å².